The van der Waals surface area contributed by atoms with Gasteiger partial charge >= 0.3 is 0 Å². The first kappa shape index (κ1) is 18.6. The number of carbonyl (C=O) groups is 1. The van der Waals surface area contributed by atoms with Crippen molar-refractivity contribution >= 4 is 5.91 Å². The molecular formula is C20H25NO4. The lowest BCUT2D eigenvalue weighted by Crippen LogP contribution is -2.25. The molecule has 2 aromatic rings. The van der Waals surface area contributed by atoms with Gasteiger partial charge in [0, 0.05) is 12.1 Å². The van der Waals surface area contributed by atoms with Crippen LogP contribution in [0.3, 0.4) is 0 Å². The SMILES string of the molecule is CCOc1cc(C(=O)NCCCOc2cccc(C)c2)ccc1OC. The van der Waals surface area contributed by atoms with Crippen LogP contribution in [-0.2, 0) is 0 Å². The number of ether oxygens (including phenoxy) is 3. The molecule has 1 amide bonds. The van der Waals surface area contributed by atoms with E-state index in [0.29, 0.717) is 36.8 Å². The topological polar surface area (TPSA) is 56.8 Å². The van der Waals surface area contributed by atoms with Crippen LogP contribution >= 0.6 is 0 Å². The zero-order chi connectivity index (χ0) is 18.1. The number of aryl methyl sites for hydroxylation is 1. The van der Waals surface area contributed by atoms with E-state index in [1.165, 1.54) is 0 Å². The van der Waals surface area contributed by atoms with Crippen LogP contribution in [0.2, 0.25) is 0 Å². The van der Waals surface area contributed by atoms with Crippen LogP contribution in [0.15, 0.2) is 42.5 Å². The molecule has 25 heavy (non-hydrogen) atoms. The largest absolute Gasteiger partial charge is 0.494 e. The van der Waals surface area contributed by atoms with Crippen molar-refractivity contribution in [1.29, 1.82) is 0 Å². The minimum atomic E-state index is -0.140. The number of rotatable bonds is 9. The summed E-state index contributed by atoms with van der Waals surface area (Å²) in [7, 11) is 1.58. The molecule has 1 N–H and O–H groups in total. The zero-order valence-electron chi connectivity index (χ0n) is 15.0. The standard InChI is InChI=1S/C20H25NO4/c1-4-24-19-14-16(9-10-18(19)23-3)20(22)21-11-6-12-25-17-8-5-7-15(2)13-17/h5,7-10,13-14H,4,6,11-12H2,1-3H3,(H,21,22). The van der Waals surface area contributed by atoms with Crippen molar-refractivity contribution in [3.63, 3.8) is 0 Å². The van der Waals surface area contributed by atoms with Crippen LogP contribution < -0.4 is 19.5 Å². The second-order valence-electron chi connectivity index (χ2n) is 5.57. The third-order valence-corrected chi connectivity index (χ3v) is 3.59. The maximum absolute atomic E-state index is 12.2. The Morgan fingerprint density at radius 2 is 1.92 bits per heavy atom. The fourth-order valence-electron chi connectivity index (χ4n) is 2.36. The van der Waals surface area contributed by atoms with Crippen molar-refractivity contribution in [2.24, 2.45) is 0 Å². The number of methoxy groups -OCH3 is 1. The van der Waals surface area contributed by atoms with Gasteiger partial charge in [-0.3, -0.25) is 4.79 Å². The molecule has 0 atom stereocenters. The number of carbonyl (C=O) groups excluding carboxylic acids is 1. The van der Waals surface area contributed by atoms with Crippen molar-refractivity contribution in [3.05, 3.63) is 53.6 Å². The van der Waals surface area contributed by atoms with Gasteiger partial charge in [0.1, 0.15) is 5.75 Å². The van der Waals surface area contributed by atoms with Gasteiger partial charge in [0.2, 0.25) is 0 Å². The lowest BCUT2D eigenvalue weighted by molar-refractivity contribution is 0.0951. The monoisotopic (exact) mass is 343 g/mol. The molecule has 0 saturated carbocycles. The van der Waals surface area contributed by atoms with Gasteiger partial charge in [0.15, 0.2) is 11.5 Å². The summed E-state index contributed by atoms with van der Waals surface area (Å²) in [6.07, 6.45) is 0.730. The van der Waals surface area contributed by atoms with Crippen LogP contribution in [0.4, 0.5) is 0 Å². The van der Waals surface area contributed by atoms with Crippen LogP contribution in [0.25, 0.3) is 0 Å². The first-order chi connectivity index (χ1) is 12.1. The van der Waals surface area contributed by atoms with E-state index < -0.39 is 0 Å². The first-order valence-electron chi connectivity index (χ1n) is 8.42. The van der Waals surface area contributed by atoms with E-state index in [1.807, 2.05) is 38.1 Å². The maximum atomic E-state index is 12.2. The third kappa shape index (κ3) is 5.71. The molecule has 0 saturated heterocycles. The zero-order valence-corrected chi connectivity index (χ0v) is 15.0. The summed E-state index contributed by atoms with van der Waals surface area (Å²) in [6.45, 7) is 5.52. The summed E-state index contributed by atoms with van der Waals surface area (Å²) in [5.41, 5.74) is 1.71. The van der Waals surface area contributed by atoms with E-state index in [1.54, 1.807) is 25.3 Å². The average molecular weight is 343 g/mol. The smallest absolute Gasteiger partial charge is 0.251 e. The Hall–Kier alpha value is -2.69. The van der Waals surface area contributed by atoms with E-state index in [4.69, 9.17) is 14.2 Å². The highest BCUT2D eigenvalue weighted by molar-refractivity contribution is 5.94. The minimum Gasteiger partial charge on any atom is -0.494 e. The second-order valence-corrected chi connectivity index (χ2v) is 5.57. The first-order valence-corrected chi connectivity index (χ1v) is 8.42. The van der Waals surface area contributed by atoms with E-state index in [2.05, 4.69) is 5.32 Å². The molecule has 0 aliphatic rings. The second kappa shape index (κ2) is 9.57. The van der Waals surface area contributed by atoms with Gasteiger partial charge in [-0.05, 0) is 56.2 Å². The Bertz CT molecular complexity index is 700. The van der Waals surface area contributed by atoms with Gasteiger partial charge < -0.3 is 19.5 Å². The van der Waals surface area contributed by atoms with Crippen molar-refractivity contribution in [1.82, 2.24) is 5.32 Å². The molecule has 5 heteroatoms. The molecule has 134 valence electrons. The van der Waals surface area contributed by atoms with Crippen molar-refractivity contribution in [3.8, 4) is 17.2 Å². The van der Waals surface area contributed by atoms with Crippen molar-refractivity contribution < 1.29 is 19.0 Å². The molecule has 2 aromatic carbocycles. The number of benzene rings is 2. The molecule has 0 aliphatic carbocycles. The molecule has 2 rings (SSSR count). The van der Waals surface area contributed by atoms with Crippen LogP contribution in [-0.4, -0.2) is 32.8 Å². The van der Waals surface area contributed by atoms with Gasteiger partial charge in [0.05, 0.1) is 20.3 Å². The summed E-state index contributed by atoms with van der Waals surface area (Å²) in [6, 6.07) is 13.1. The van der Waals surface area contributed by atoms with Gasteiger partial charge in [-0.1, -0.05) is 12.1 Å². The summed E-state index contributed by atoms with van der Waals surface area (Å²) >= 11 is 0. The quantitative estimate of drug-likeness (QED) is 0.707. The van der Waals surface area contributed by atoms with Gasteiger partial charge in [0.25, 0.3) is 5.91 Å². The van der Waals surface area contributed by atoms with Crippen LogP contribution in [0, 0.1) is 6.92 Å². The Kier molecular flexibility index (Phi) is 7.14. The predicted octanol–water partition coefficient (Wildman–Crippen LogP) is 3.60. The lowest BCUT2D eigenvalue weighted by atomic mass is 10.2. The Labute approximate surface area is 148 Å². The lowest BCUT2D eigenvalue weighted by Gasteiger charge is -2.11. The van der Waals surface area contributed by atoms with Gasteiger partial charge in [-0.25, -0.2) is 0 Å². The number of hydrogen-bond acceptors (Lipinski definition) is 4. The fourth-order valence-corrected chi connectivity index (χ4v) is 2.36. The molecule has 0 spiro atoms. The summed E-state index contributed by atoms with van der Waals surface area (Å²) < 4.78 is 16.4. The van der Waals surface area contributed by atoms with Crippen LogP contribution in [0.1, 0.15) is 29.3 Å². The van der Waals surface area contributed by atoms with E-state index in [0.717, 1.165) is 17.7 Å². The van der Waals surface area contributed by atoms with E-state index in [9.17, 15) is 4.79 Å². The minimum absolute atomic E-state index is 0.140. The molecule has 0 heterocycles. The average Bonchev–Trinajstić information content (AvgIpc) is 2.61. The number of amides is 1. The van der Waals surface area contributed by atoms with Crippen molar-refractivity contribution in [2.45, 2.75) is 20.3 Å². The molecule has 0 radical (unpaired) electrons. The highest BCUT2D eigenvalue weighted by Gasteiger charge is 2.10. The number of nitrogens with one attached hydrogen (secondary N) is 1. The molecule has 0 fully saturated rings. The van der Waals surface area contributed by atoms with Gasteiger partial charge in [-0.2, -0.15) is 0 Å². The van der Waals surface area contributed by atoms with E-state index >= 15 is 0 Å². The normalized spacial score (nSPS) is 10.2. The fraction of sp³-hybridized carbons (Fsp3) is 0.350. The molecule has 0 bridgehead atoms. The maximum Gasteiger partial charge on any atom is 0.251 e. The highest BCUT2D eigenvalue weighted by atomic mass is 16.5. The molecule has 0 unspecified atom stereocenters. The number of hydrogen-bond donors (Lipinski definition) is 1. The Morgan fingerprint density at radius 3 is 2.64 bits per heavy atom. The molecule has 5 nitrogen and oxygen atoms in total. The van der Waals surface area contributed by atoms with Crippen LogP contribution in [0.5, 0.6) is 17.2 Å². The summed E-state index contributed by atoms with van der Waals surface area (Å²) in [5, 5.41) is 2.89. The molecular weight excluding hydrogens is 318 g/mol. The predicted molar refractivity (Wildman–Crippen MR) is 97.8 cm³/mol. The van der Waals surface area contributed by atoms with Crippen molar-refractivity contribution in [2.75, 3.05) is 26.9 Å². The molecule has 0 aliphatic heterocycles. The van der Waals surface area contributed by atoms with E-state index in [-0.39, 0.29) is 5.91 Å². The Morgan fingerprint density at radius 1 is 1.08 bits per heavy atom. The highest BCUT2D eigenvalue weighted by Crippen LogP contribution is 2.27. The third-order valence-electron chi connectivity index (χ3n) is 3.59. The van der Waals surface area contributed by atoms with Gasteiger partial charge in [-0.15, -0.1) is 0 Å². The summed E-state index contributed by atoms with van der Waals surface area (Å²) in [5.74, 6) is 1.90. The Balaban J connectivity index is 1.79. The summed E-state index contributed by atoms with van der Waals surface area (Å²) in [4.78, 5) is 12.2. The molecule has 0 aromatic heterocycles.